The monoisotopic (exact) mass is 280 g/mol. The number of ketones is 1. The summed E-state index contributed by atoms with van der Waals surface area (Å²) >= 11 is 0. The summed E-state index contributed by atoms with van der Waals surface area (Å²) in [6, 6.07) is 15.7. The van der Waals surface area contributed by atoms with E-state index in [0.29, 0.717) is 11.3 Å². The Hall–Kier alpha value is -2.62. The normalized spacial score (nSPS) is 13.0. The summed E-state index contributed by atoms with van der Waals surface area (Å²) in [5.74, 6) is -1.00. The van der Waals surface area contributed by atoms with E-state index < -0.39 is 11.7 Å². The van der Waals surface area contributed by atoms with E-state index in [-0.39, 0.29) is 0 Å². The number of carbonyl (C=O) groups excluding carboxylic acids is 2. The summed E-state index contributed by atoms with van der Waals surface area (Å²) < 4.78 is 0. The summed E-state index contributed by atoms with van der Waals surface area (Å²) in [6.45, 7) is 0.866. The van der Waals surface area contributed by atoms with Crippen molar-refractivity contribution in [3.8, 4) is 0 Å². The first-order chi connectivity index (χ1) is 10.1. The van der Waals surface area contributed by atoms with Gasteiger partial charge in [0, 0.05) is 19.3 Å². The van der Waals surface area contributed by atoms with Gasteiger partial charge in [0.15, 0.2) is 0 Å². The molecule has 0 aromatic heterocycles. The van der Waals surface area contributed by atoms with Crippen molar-refractivity contribution in [3.05, 3.63) is 59.7 Å². The van der Waals surface area contributed by atoms with Gasteiger partial charge in [-0.1, -0.05) is 30.3 Å². The molecule has 0 spiro atoms. The van der Waals surface area contributed by atoms with Crippen LogP contribution in [-0.2, 0) is 11.2 Å². The van der Waals surface area contributed by atoms with Crippen molar-refractivity contribution in [2.45, 2.75) is 6.42 Å². The average Bonchev–Trinajstić information content (AvgIpc) is 2.80. The Morgan fingerprint density at radius 1 is 1.05 bits per heavy atom. The van der Waals surface area contributed by atoms with E-state index in [0.717, 1.165) is 18.7 Å². The van der Waals surface area contributed by atoms with Gasteiger partial charge in [-0.25, -0.2) is 0 Å². The Morgan fingerprint density at radius 3 is 2.57 bits per heavy atom. The molecule has 2 aromatic rings. The number of nitrogens with zero attached hydrogens (tertiary/aromatic N) is 1. The third-order valence-electron chi connectivity index (χ3n) is 3.72. The molecule has 0 unspecified atom stereocenters. The van der Waals surface area contributed by atoms with Gasteiger partial charge in [-0.3, -0.25) is 9.59 Å². The molecular formula is C17H16N2O2. The maximum Gasteiger partial charge on any atom is 0.296 e. The quantitative estimate of drug-likeness (QED) is 0.875. The number of Topliss-reactive ketones (excluding diaryl/α,β-unsaturated/α-hetero) is 1. The summed E-state index contributed by atoms with van der Waals surface area (Å²) in [7, 11) is 2.00. The van der Waals surface area contributed by atoms with E-state index in [1.807, 2.05) is 37.4 Å². The number of carbonyl (C=O) groups is 2. The van der Waals surface area contributed by atoms with Gasteiger partial charge in [-0.2, -0.15) is 0 Å². The summed E-state index contributed by atoms with van der Waals surface area (Å²) in [5, 5.41) is 2.60. The predicted molar refractivity (Wildman–Crippen MR) is 82.8 cm³/mol. The molecule has 0 fully saturated rings. The number of fused-ring (bicyclic) bond motifs is 1. The summed E-state index contributed by atoms with van der Waals surface area (Å²) in [6.07, 6.45) is 0.944. The van der Waals surface area contributed by atoms with E-state index in [1.54, 1.807) is 6.07 Å². The zero-order valence-electron chi connectivity index (χ0n) is 11.8. The second-order valence-electron chi connectivity index (χ2n) is 5.17. The highest BCUT2D eigenvalue weighted by Crippen LogP contribution is 2.27. The molecule has 1 amide bonds. The molecule has 3 rings (SSSR count). The maximum atomic E-state index is 11.6. The number of benzene rings is 2. The Kier molecular flexibility index (Phi) is 3.44. The van der Waals surface area contributed by atoms with Crippen LogP contribution in [0.4, 0.5) is 11.4 Å². The van der Waals surface area contributed by atoms with Gasteiger partial charge in [-0.15, -0.1) is 0 Å². The third-order valence-corrected chi connectivity index (χ3v) is 3.72. The van der Waals surface area contributed by atoms with E-state index in [1.165, 1.54) is 5.56 Å². The van der Waals surface area contributed by atoms with E-state index >= 15 is 0 Å². The van der Waals surface area contributed by atoms with Gasteiger partial charge in [0.05, 0.1) is 11.3 Å². The average molecular weight is 280 g/mol. The molecule has 0 aliphatic carbocycles. The van der Waals surface area contributed by atoms with E-state index in [9.17, 15) is 9.59 Å². The highest BCUT2D eigenvalue weighted by Gasteiger charge is 2.27. The van der Waals surface area contributed by atoms with Gasteiger partial charge in [0.2, 0.25) is 0 Å². The van der Waals surface area contributed by atoms with Crippen LogP contribution < -0.4 is 10.2 Å². The van der Waals surface area contributed by atoms with E-state index in [4.69, 9.17) is 0 Å². The molecule has 1 N–H and O–H groups in total. The topological polar surface area (TPSA) is 49.4 Å². The molecule has 1 aliphatic heterocycles. The van der Waals surface area contributed by atoms with Gasteiger partial charge in [0.1, 0.15) is 0 Å². The molecule has 4 heteroatoms. The number of hydrogen-bond donors (Lipinski definition) is 1. The molecule has 0 atom stereocenters. The largest absolute Gasteiger partial charge is 0.374 e. The second kappa shape index (κ2) is 5.40. The smallest absolute Gasteiger partial charge is 0.296 e. The van der Waals surface area contributed by atoms with Crippen LogP contribution in [-0.4, -0.2) is 25.3 Å². The van der Waals surface area contributed by atoms with Gasteiger partial charge < -0.3 is 10.2 Å². The maximum absolute atomic E-state index is 11.6. The van der Waals surface area contributed by atoms with Crippen LogP contribution >= 0.6 is 0 Å². The minimum atomic E-state index is -0.547. The van der Waals surface area contributed by atoms with Crippen LogP contribution in [0.3, 0.4) is 0 Å². The lowest BCUT2D eigenvalue weighted by Gasteiger charge is -2.20. The first-order valence-electron chi connectivity index (χ1n) is 6.90. The summed E-state index contributed by atoms with van der Waals surface area (Å²) in [4.78, 5) is 25.0. The Balaban J connectivity index is 1.71. The Labute approximate surface area is 123 Å². The molecule has 0 radical (unpaired) electrons. The fraction of sp³-hybridized carbons (Fsp3) is 0.176. The van der Waals surface area contributed by atoms with E-state index in [2.05, 4.69) is 22.3 Å². The number of likely N-dealkylation sites (N-methyl/N-ethyl adjacent to an activating group) is 1. The van der Waals surface area contributed by atoms with Gasteiger partial charge in [-0.05, 0) is 30.2 Å². The van der Waals surface area contributed by atoms with Crippen LogP contribution in [0.2, 0.25) is 0 Å². The SMILES string of the molecule is CN(CCc1ccccc1)c1ccc2c(c1)NC(=O)C2=O. The number of hydrogen-bond acceptors (Lipinski definition) is 3. The second-order valence-corrected chi connectivity index (χ2v) is 5.17. The van der Waals surface area contributed by atoms with Crippen molar-refractivity contribution >= 4 is 23.1 Å². The predicted octanol–water partition coefficient (Wildman–Crippen LogP) is 2.50. The van der Waals surface area contributed by atoms with Crippen molar-refractivity contribution in [2.24, 2.45) is 0 Å². The molecule has 0 bridgehead atoms. The van der Waals surface area contributed by atoms with Crippen molar-refractivity contribution in [1.29, 1.82) is 0 Å². The molecule has 1 heterocycles. The first-order valence-corrected chi connectivity index (χ1v) is 6.90. The number of amides is 1. The standard InChI is InChI=1S/C17H16N2O2/c1-19(10-9-12-5-3-2-4-6-12)13-7-8-14-15(11-13)18-17(21)16(14)20/h2-8,11H,9-10H2,1H3,(H,18,20,21). The van der Waals surface area contributed by atoms with Gasteiger partial charge in [0.25, 0.3) is 11.7 Å². The van der Waals surface area contributed by atoms with Crippen molar-refractivity contribution in [2.75, 3.05) is 23.8 Å². The zero-order chi connectivity index (χ0) is 14.8. The number of anilines is 2. The molecule has 21 heavy (non-hydrogen) atoms. The molecular weight excluding hydrogens is 264 g/mol. The fourth-order valence-electron chi connectivity index (χ4n) is 2.44. The lowest BCUT2D eigenvalue weighted by atomic mass is 10.1. The van der Waals surface area contributed by atoms with Crippen molar-refractivity contribution < 1.29 is 9.59 Å². The fourth-order valence-corrected chi connectivity index (χ4v) is 2.44. The third kappa shape index (κ3) is 2.65. The van der Waals surface area contributed by atoms with Crippen molar-refractivity contribution in [1.82, 2.24) is 0 Å². The molecule has 106 valence electrons. The van der Waals surface area contributed by atoms with Crippen molar-refractivity contribution in [3.63, 3.8) is 0 Å². The van der Waals surface area contributed by atoms with Crippen LogP contribution in [0.5, 0.6) is 0 Å². The lowest BCUT2D eigenvalue weighted by Crippen LogP contribution is -2.20. The molecule has 4 nitrogen and oxygen atoms in total. The lowest BCUT2D eigenvalue weighted by molar-refractivity contribution is -0.112. The molecule has 0 saturated heterocycles. The highest BCUT2D eigenvalue weighted by atomic mass is 16.2. The van der Waals surface area contributed by atoms with Crippen LogP contribution in [0, 0.1) is 0 Å². The summed E-state index contributed by atoms with van der Waals surface area (Å²) in [5.41, 5.74) is 3.34. The van der Waals surface area contributed by atoms with Crippen LogP contribution in [0.25, 0.3) is 0 Å². The first kappa shape index (κ1) is 13.4. The molecule has 0 saturated carbocycles. The minimum Gasteiger partial charge on any atom is -0.374 e. The number of rotatable bonds is 4. The Morgan fingerprint density at radius 2 is 1.81 bits per heavy atom. The Bertz CT molecular complexity index is 695. The zero-order valence-corrected chi connectivity index (χ0v) is 11.8. The van der Waals surface area contributed by atoms with Gasteiger partial charge >= 0.3 is 0 Å². The molecule has 1 aliphatic rings. The molecule has 2 aromatic carbocycles. The van der Waals surface area contributed by atoms with Crippen LogP contribution in [0.15, 0.2) is 48.5 Å². The minimum absolute atomic E-state index is 0.455. The van der Waals surface area contributed by atoms with Crippen LogP contribution in [0.1, 0.15) is 15.9 Å². The highest BCUT2D eigenvalue weighted by molar-refractivity contribution is 6.51. The number of nitrogens with one attached hydrogen (secondary N) is 1.